The van der Waals surface area contributed by atoms with Crippen LogP contribution < -0.4 is 5.73 Å². The summed E-state index contributed by atoms with van der Waals surface area (Å²) in [6.45, 7) is 2.16. The molecule has 0 aromatic carbocycles. The van der Waals surface area contributed by atoms with Crippen molar-refractivity contribution in [1.29, 1.82) is 0 Å². The van der Waals surface area contributed by atoms with Crippen LogP contribution in [0.2, 0.25) is 0 Å². The highest BCUT2D eigenvalue weighted by molar-refractivity contribution is 5.85. The minimum Gasteiger partial charge on any atom is -0.353 e. The second-order valence-electron chi connectivity index (χ2n) is 2.94. The quantitative estimate of drug-likeness (QED) is 0.775. The Morgan fingerprint density at radius 1 is 1.58 bits per heavy atom. The van der Waals surface area contributed by atoms with E-state index in [1.54, 1.807) is 0 Å². The molecule has 1 rings (SSSR count). The maximum atomic E-state index is 5.93. The molecule has 0 aliphatic rings. The first-order valence-electron chi connectivity index (χ1n) is 4.12. The highest BCUT2D eigenvalue weighted by atomic mass is 35.5. The molecule has 2 N–H and O–H groups in total. The van der Waals surface area contributed by atoms with Crippen molar-refractivity contribution in [2.75, 3.05) is 0 Å². The number of rotatable bonds is 3. The lowest BCUT2D eigenvalue weighted by molar-refractivity contribution is 0.597. The molecule has 1 aromatic heterocycles. The number of aryl methyl sites for hydroxylation is 1. The van der Waals surface area contributed by atoms with Gasteiger partial charge in [0.25, 0.3) is 0 Å². The minimum atomic E-state index is 0. The maximum absolute atomic E-state index is 5.93. The number of nitrogens with zero attached hydrogens (tertiary/aromatic N) is 1. The van der Waals surface area contributed by atoms with E-state index in [2.05, 4.69) is 17.6 Å². The van der Waals surface area contributed by atoms with Gasteiger partial charge in [-0.1, -0.05) is 13.3 Å². The van der Waals surface area contributed by atoms with Crippen LogP contribution >= 0.6 is 12.4 Å². The van der Waals surface area contributed by atoms with Gasteiger partial charge in [0.05, 0.1) is 0 Å². The Morgan fingerprint density at radius 3 is 2.67 bits per heavy atom. The van der Waals surface area contributed by atoms with Gasteiger partial charge in [0.15, 0.2) is 0 Å². The van der Waals surface area contributed by atoms with Gasteiger partial charge < -0.3 is 10.3 Å². The Hall–Kier alpha value is -0.470. The summed E-state index contributed by atoms with van der Waals surface area (Å²) in [5.41, 5.74) is 7.16. The van der Waals surface area contributed by atoms with E-state index in [1.807, 2.05) is 19.3 Å². The van der Waals surface area contributed by atoms with Crippen molar-refractivity contribution >= 4 is 12.4 Å². The van der Waals surface area contributed by atoms with Gasteiger partial charge >= 0.3 is 0 Å². The van der Waals surface area contributed by atoms with E-state index in [-0.39, 0.29) is 18.4 Å². The van der Waals surface area contributed by atoms with E-state index < -0.39 is 0 Å². The molecule has 0 aliphatic heterocycles. The molecule has 0 saturated heterocycles. The van der Waals surface area contributed by atoms with Crippen LogP contribution in [0.3, 0.4) is 0 Å². The molecular weight excluding hydrogens is 172 g/mol. The highest BCUT2D eigenvalue weighted by Gasteiger charge is 2.06. The second-order valence-corrected chi connectivity index (χ2v) is 2.94. The fourth-order valence-electron chi connectivity index (χ4n) is 1.32. The standard InChI is InChI=1S/C9H16N2.ClH/c1-3-5-8(10)9-6-4-7-11(9)2;/h4,6-8H,3,5,10H2,1-2H3;1H/t8-;/m0./s1. The van der Waals surface area contributed by atoms with Gasteiger partial charge in [-0.25, -0.2) is 0 Å². The third kappa shape index (κ3) is 2.54. The van der Waals surface area contributed by atoms with Crippen molar-refractivity contribution in [3.05, 3.63) is 24.0 Å². The summed E-state index contributed by atoms with van der Waals surface area (Å²) in [4.78, 5) is 0. The molecule has 70 valence electrons. The van der Waals surface area contributed by atoms with Crippen molar-refractivity contribution in [2.24, 2.45) is 12.8 Å². The van der Waals surface area contributed by atoms with Crippen LogP contribution in [0.1, 0.15) is 31.5 Å². The number of halogens is 1. The van der Waals surface area contributed by atoms with E-state index in [4.69, 9.17) is 5.73 Å². The van der Waals surface area contributed by atoms with E-state index >= 15 is 0 Å². The smallest absolute Gasteiger partial charge is 0.0449 e. The zero-order chi connectivity index (χ0) is 8.27. The summed E-state index contributed by atoms with van der Waals surface area (Å²) in [7, 11) is 2.03. The van der Waals surface area contributed by atoms with Crippen LogP contribution in [-0.4, -0.2) is 4.57 Å². The van der Waals surface area contributed by atoms with Gasteiger partial charge in [0, 0.05) is 25.0 Å². The third-order valence-electron chi connectivity index (χ3n) is 1.96. The Balaban J connectivity index is 0.00000121. The molecule has 0 unspecified atom stereocenters. The molecule has 0 fully saturated rings. The summed E-state index contributed by atoms with van der Waals surface area (Å²) < 4.78 is 2.08. The Labute approximate surface area is 80.2 Å². The lowest BCUT2D eigenvalue weighted by Crippen LogP contribution is -2.13. The zero-order valence-electron chi connectivity index (χ0n) is 7.66. The van der Waals surface area contributed by atoms with Gasteiger partial charge in [0.1, 0.15) is 0 Å². The lowest BCUT2D eigenvalue weighted by atomic mass is 10.1. The van der Waals surface area contributed by atoms with Crippen molar-refractivity contribution < 1.29 is 0 Å². The summed E-state index contributed by atoms with van der Waals surface area (Å²) in [6.07, 6.45) is 4.25. The summed E-state index contributed by atoms with van der Waals surface area (Å²) in [6, 6.07) is 4.32. The predicted octanol–water partition coefficient (Wildman–Crippen LogP) is 2.25. The molecule has 1 aromatic rings. The normalized spacial score (nSPS) is 12.2. The summed E-state index contributed by atoms with van der Waals surface area (Å²) in [5.74, 6) is 0. The number of hydrogen-bond donors (Lipinski definition) is 1. The topological polar surface area (TPSA) is 30.9 Å². The minimum absolute atomic E-state index is 0. The fraction of sp³-hybridized carbons (Fsp3) is 0.556. The Bertz CT molecular complexity index is 220. The largest absolute Gasteiger partial charge is 0.353 e. The number of nitrogens with two attached hydrogens (primary N) is 1. The lowest BCUT2D eigenvalue weighted by Gasteiger charge is -2.10. The van der Waals surface area contributed by atoms with E-state index in [1.165, 1.54) is 5.69 Å². The van der Waals surface area contributed by atoms with E-state index in [0.29, 0.717) is 0 Å². The molecule has 1 heterocycles. The van der Waals surface area contributed by atoms with Crippen molar-refractivity contribution in [3.8, 4) is 0 Å². The van der Waals surface area contributed by atoms with Gasteiger partial charge in [-0.3, -0.25) is 0 Å². The average Bonchev–Trinajstić information content (AvgIpc) is 2.36. The molecule has 0 radical (unpaired) electrons. The molecule has 2 nitrogen and oxygen atoms in total. The van der Waals surface area contributed by atoms with Gasteiger partial charge in [0.2, 0.25) is 0 Å². The molecule has 1 atom stereocenters. The average molecular weight is 189 g/mol. The van der Waals surface area contributed by atoms with Gasteiger partial charge in [-0.2, -0.15) is 0 Å². The summed E-state index contributed by atoms with van der Waals surface area (Å²) in [5, 5.41) is 0. The molecular formula is C9H17ClN2. The molecule has 0 saturated carbocycles. The van der Waals surface area contributed by atoms with Gasteiger partial charge in [-0.15, -0.1) is 12.4 Å². The zero-order valence-corrected chi connectivity index (χ0v) is 8.47. The highest BCUT2D eigenvalue weighted by Crippen LogP contribution is 2.14. The van der Waals surface area contributed by atoms with Crippen LogP contribution in [0.4, 0.5) is 0 Å². The molecule has 3 heteroatoms. The first-order chi connectivity index (χ1) is 5.25. The molecule has 12 heavy (non-hydrogen) atoms. The monoisotopic (exact) mass is 188 g/mol. The fourth-order valence-corrected chi connectivity index (χ4v) is 1.32. The molecule has 0 amide bonds. The molecule has 0 aliphatic carbocycles. The first kappa shape index (κ1) is 11.5. The van der Waals surface area contributed by atoms with Gasteiger partial charge in [-0.05, 0) is 18.6 Å². The summed E-state index contributed by atoms with van der Waals surface area (Å²) >= 11 is 0. The van der Waals surface area contributed by atoms with Crippen molar-refractivity contribution in [2.45, 2.75) is 25.8 Å². The van der Waals surface area contributed by atoms with Crippen LogP contribution in [0, 0.1) is 0 Å². The third-order valence-corrected chi connectivity index (χ3v) is 1.96. The maximum Gasteiger partial charge on any atom is 0.0449 e. The van der Waals surface area contributed by atoms with Crippen LogP contribution in [0.15, 0.2) is 18.3 Å². The first-order valence-corrected chi connectivity index (χ1v) is 4.12. The van der Waals surface area contributed by atoms with Crippen LogP contribution in [-0.2, 0) is 7.05 Å². The van der Waals surface area contributed by atoms with Crippen LogP contribution in [0.5, 0.6) is 0 Å². The Morgan fingerprint density at radius 2 is 2.25 bits per heavy atom. The molecule has 0 spiro atoms. The van der Waals surface area contributed by atoms with Crippen LogP contribution in [0.25, 0.3) is 0 Å². The second kappa shape index (κ2) is 5.22. The Kier molecular flexibility index (Phi) is 5.02. The van der Waals surface area contributed by atoms with E-state index in [0.717, 1.165) is 12.8 Å². The van der Waals surface area contributed by atoms with E-state index in [9.17, 15) is 0 Å². The van der Waals surface area contributed by atoms with Crippen molar-refractivity contribution in [3.63, 3.8) is 0 Å². The number of hydrogen-bond acceptors (Lipinski definition) is 1. The van der Waals surface area contributed by atoms with Crippen molar-refractivity contribution in [1.82, 2.24) is 4.57 Å². The SMILES string of the molecule is CCC[C@H](N)c1cccn1C.Cl. The predicted molar refractivity (Wildman–Crippen MR) is 54.5 cm³/mol. The molecule has 0 bridgehead atoms. The number of aromatic nitrogens is 1.